The standard InChI is InChI=1S/C16H14F3N3O3S/c17-16(18,19)12-10-11(22(24)25)3-4-13(12)20-5-7-21(8-6-20)15(23)14-2-1-9-26-14/h1-4,9-10H,5-8H2. The maximum Gasteiger partial charge on any atom is 0.418 e. The van der Waals surface area contributed by atoms with Gasteiger partial charge in [0, 0.05) is 44.0 Å². The van der Waals surface area contributed by atoms with Crippen molar-refractivity contribution in [2.45, 2.75) is 6.18 Å². The molecule has 1 aromatic heterocycles. The molecule has 2 aromatic rings. The molecule has 6 nitrogen and oxygen atoms in total. The van der Waals surface area contributed by atoms with E-state index >= 15 is 0 Å². The van der Waals surface area contributed by atoms with Crippen molar-refractivity contribution >= 4 is 28.6 Å². The minimum absolute atomic E-state index is 0.105. The van der Waals surface area contributed by atoms with Gasteiger partial charge < -0.3 is 9.80 Å². The molecule has 10 heteroatoms. The molecule has 1 aliphatic rings. The molecule has 0 aliphatic carbocycles. The summed E-state index contributed by atoms with van der Waals surface area (Å²) >= 11 is 1.31. The van der Waals surface area contributed by atoms with Crippen LogP contribution in [0.25, 0.3) is 0 Å². The Balaban J connectivity index is 1.79. The zero-order chi connectivity index (χ0) is 18.9. The zero-order valence-electron chi connectivity index (χ0n) is 13.4. The van der Waals surface area contributed by atoms with E-state index in [0.29, 0.717) is 10.9 Å². The van der Waals surface area contributed by atoms with Gasteiger partial charge in [-0.3, -0.25) is 14.9 Å². The summed E-state index contributed by atoms with van der Waals surface area (Å²) in [6.45, 7) is 1.01. The normalized spacial score (nSPS) is 15.2. The van der Waals surface area contributed by atoms with E-state index in [4.69, 9.17) is 0 Å². The minimum Gasteiger partial charge on any atom is -0.367 e. The predicted octanol–water partition coefficient (Wildman–Crippen LogP) is 3.64. The number of halogens is 3. The number of nitrogens with zero attached hydrogens (tertiary/aromatic N) is 3. The van der Waals surface area contributed by atoms with E-state index < -0.39 is 22.4 Å². The highest BCUT2D eigenvalue weighted by Gasteiger charge is 2.37. The van der Waals surface area contributed by atoms with Gasteiger partial charge in [0.2, 0.25) is 0 Å². The molecule has 0 saturated carbocycles. The van der Waals surface area contributed by atoms with Crippen molar-refractivity contribution in [3.05, 3.63) is 56.3 Å². The van der Waals surface area contributed by atoms with Crippen LogP contribution in [0.2, 0.25) is 0 Å². The molecule has 0 bridgehead atoms. The summed E-state index contributed by atoms with van der Waals surface area (Å²) in [5.41, 5.74) is -1.75. The molecule has 0 radical (unpaired) electrons. The number of carbonyl (C=O) groups is 1. The number of alkyl halides is 3. The van der Waals surface area contributed by atoms with Gasteiger partial charge in [0.15, 0.2) is 0 Å². The molecule has 1 aromatic carbocycles. The molecule has 3 rings (SSSR count). The van der Waals surface area contributed by atoms with E-state index in [-0.39, 0.29) is 37.8 Å². The lowest BCUT2D eigenvalue weighted by Gasteiger charge is -2.37. The number of carbonyl (C=O) groups excluding carboxylic acids is 1. The molecular weight excluding hydrogens is 371 g/mol. The third-order valence-electron chi connectivity index (χ3n) is 4.14. The Bertz CT molecular complexity index is 816. The van der Waals surface area contributed by atoms with Crippen LogP contribution in [0.1, 0.15) is 15.2 Å². The Labute approximate surface area is 150 Å². The van der Waals surface area contributed by atoms with Crippen LogP contribution in [0, 0.1) is 10.1 Å². The van der Waals surface area contributed by atoms with Gasteiger partial charge in [-0.2, -0.15) is 13.2 Å². The van der Waals surface area contributed by atoms with E-state index in [2.05, 4.69) is 0 Å². The van der Waals surface area contributed by atoms with Gasteiger partial charge in [-0.15, -0.1) is 11.3 Å². The molecule has 138 valence electrons. The molecular formula is C16H14F3N3O3S. The maximum absolute atomic E-state index is 13.3. The predicted molar refractivity (Wildman–Crippen MR) is 90.5 cm³/mol. The number of hydrogen-bond donors (Lipinski definition) is 0. The fraction of sp³-hybridized carbons (Fsp3) is 0.312. The third kappa shape index (κ3) is 3.64. The van der Waals surface area contributed by atoms with Crippen molar-refractivity contribution in [3.63, 3.8) is 0 Å². The van der Waals surface area contributed by atoms with Crippen LogP contribution >= 0.6 is 11.3 Å². The SMILES string of the molecule is O=C(c1cccs1)N1CCN(c2ccc([N+](=O)[O-])cc2C(F)(F)F)CC1. The molecule has 0 atom stereocenters. The van der Waals surface area contributed by atoms with E-state index in [0.717, 1.165) is 12.1 Å². The number of amides is 1. The summed E-state index contributed by atoms with van der Waals surface area (Å²) in [5, 5.41) is 12.6. The van der Waals surface area contributed by atoms with Gasteiger partial charge in [0.25, 0.3) is 11.6 Å². The molecule has 1 amide bonds. The van der Waals surface area contributed by atoms with Crippen LogP contribution < -0.4 is 4.90 Å². The van der Waals surface area contributed by atoms with Crippen molar-refractivity contribution < 1.29 is 22.9 Å². The number of non-ortho nitro benzene ring substituents is 1. The number of nitro groups is 1. The van der Waals surface area contributed by atoms with Gasteiger partial charge in [0.05, 0.1) is 15.4 Å². The van der Waals surface area contributed by atoms with Crippen molar-refractivity contribution in [1.29, 1.82) is 0 Å². The average molecular weight is 385 g/mol. The first-order chi connectivity index (χ1) is 12.3. The fourth-order valence-corrected chi connectivity index (χ4v) is 3.54. The van der Waals surface area contributed by atoms with E-state index in [1.165, 1.54) is 16.2 Å². The highest BCUT2D eigenvalue weighted by Crippen LogP contribution is 2.39. The Morgan fingerprint density at radius 1 is 1.15 bits per heavy atom. The summed E-state index contributed by atoms with van der Waals surface area (Å²) in [6.07, 6.45) is -4.70. The average Bonchev–Trinajstić information content (AvgIpc) is 3.14. The minimum atomic E-state index is -4.70. The van der Waals surface area contributed by atoms with Crippen molar-refractivity contribution in [1.82, 2.24) is 4.90 Å². The molecule has 1 aliphatic heterocycles. The van der Waals surface area contributed by atoms with Crippen LogP contribution in [-0.2, 0) is 6.18 Å². The fourth-order valence-electron chi connectivity index (χ4n) is 2.85. The summed E-state index contributed by atoms with van der Waals surface area (Å²) < 4.78 is 40.0. The highest BCUT2D eigenvalue weighted by atomic mass is 32.1. The second-order valence-electron chi connectivity index (χ2n) is 5.71. The van der Waals surface area contributed by atoms with Crippen LogP contribution in [0.15, 0.2) is 35.7 Å². The highest BCUT2D eigenvalue weighted by molar-refractivity contribution is 7.12. The van der Waals surface area contributed by atoms with Crippen molar-refractivity contribution in [2.24, 2.45) is 0 Å². The van der Waals surface area contributed by atoms with Gasteiger partial charge in [0.1, 0.15) is 0 Å². The van der Waals surface area contributed by atoms with E-state index in [1.54, 1.807) is 22.4 Å². The van der Waals surface area contributed by atoms with Gasteiger partial charge in [-0.05, 0) is 17.5 Å². The molecule has 0 spiro atoms. The van der Waals surface area contributed by atoms with E-state index in [9.17, 15) is 28.1 Å². The molecule has 26 heavy (non-hydrogen) atoms. The number of benzene rings is 1. The lowest BCUT2D eigenvalue weighted by Crippen LogP contribution is -2.49. The molecule has 0 N–H and O–H groups in total. The smallest absolute Gasteiger partial charge is 0.367 e. The molecule has 1 saturated heterocycles. The lowest BCUT2D eigenvalue weighted by molar-refractivity contribution is -0.385. The number of rotatable bonds is 3. The quantitative estimate of drug-likeness (QED) is 0.598. The van der Waals surface area contributed by atoms with Crippen LogP contribution in [0.3, 0.4) is 0 Å². The lowest BCUT2D eigenvalue weighted by atomic mass is 10.1. The topological polar surface area (TPSA) is 66.7 Å². The second kappa shape index (κ2) is 6.94. The third-order valence-corrected chi connectivity index (χ3v) is 4.99. The summed E-state index contributed by atoms with van der Waals surface area (Å²) in [7, 11) is 0. The van der Waals surface area contributed by atoms with Crippen molar-refractivity contribution in [2.75, 3.05) is 31.1 Å². The molecule has 1 fully saturated rings. The Morgan fingerprint density at radius 3 is 2.38 bits per heavy atom. The van der Waals surface area contributed by atoms with Crippen molar-refractivity contribution in [3.8, 4) is 0 Å². The van der Waals surface area contributed by atoms with Crippen LogP contribution in [0.4, 0.5) is 24.5 Å². The number of piperazine rings is 1. The molecule has 0 unspecified atom stereocenters. The number of anilines is 1. The number of hydrogen-bond acceptors (Lipinski definition) is 5. The van der Waals surface area contributed by atoms with Gasteiger partial charge in [-0.1, -0.05) is 6.07 Å². The second-order valence-corrected chi connectivity index (χ2v) is 6.66. The number of nitro benzene ring substituents is 1. The largest absolute Gasteiger partial charge is 0.418 e. The first kappa shape index (κ1) is 18.2. The van der Waals surface area contributed by atoms with Crippen LogP contribution in [0.5, 0.6) is 0 Å². The summed E-state index contributed by atoms with van der Waals surface area (Å²) in [5.74, 6) is -0.139. The first-order valence-corrected chi connectivity index (χ1v) is 8.58. The zero-order valence-corrected chi connectivity index (χ0v) is 14.2. The van der Waals surface area contributed by atoms with Gasteiger partial charge in [-0.25, -0.2) is 0 Å². The van der Waals surface area contributed by atoms with E-state index in [1.807, 2.05) is 0 Å². The monoisotopic (exact) mass is 385 g/mol. The Morgan fingerprint density at radius 2 is 1.85 bits per heavy atom. The Hall–Kier alpha value is -2.62. The Kier molecular flexibility index (Phi) is 4.86. The summed E-state index contributed by atoms with van der Waals surface area (Å²) in [6, 6.07) is 6.21. The van der Waals surface area contributed by atoms with Gasteiger partial charge >= 0.3 is 6.18 Å². The maximum atomic E-state index is 13.3. The summed E-state index contributed by atoms with van der Waals surface area (Å²) in [4.78, 5) is 25.9. The molecule has 2 heterocycles. The number of thiophene rings is 1. The van der Waals surface area contributed by atoms with Crippen LogP contribution in [-0.4, -0.2) is 41.9 Å². The first-order valence-electron chi connectivity index (χ1n) is 7.71.